The van der Waals surface area contributed by atoms with Gasteiger partial charge in [0.05, 0.1) is 11.4 Å². The first-order valence-electron chi connectivity index (χ1n) is 5.71. The number of esters is 1. The van der Waals surface area contributed by atoms with Gasteiger partial charge < -0.3 is 9.47 Å². The number of ether oxygens (including phenoxy) is 2. The molecular formula is C13H13BrO4. The van der Waals surface area contributed by atoms with Crippen LogP contribution in [0.15, 0.2) is 18.2 Å². The highest BCUT2D eigenvalue weighted by atomic mass is 79.9. The minimum absolute atomic E-state index is 0.0990. The van der Waals surface area contributed by atoms with Gasteiger partial charge in [-0.3, -0.25) is 4.79 Å². The molecule has 18 heavy (non-hydrogen) atoms. The van der Waals surface area contributed by atoms with E-state index in [0.29, 0.717) is 18.8 Å². The number of carbonyl (C=O) groups excluding carboxylic acids is 2. The Labute approximate surface area is 113 Å². The minimum atomic E-state index is -0.396. The van der Waals surface area contributed by atoms with Gasteiger partial charge in [-0.05, 0) is 37.1 Å². The molecule has 0 fully saturated rings. The fourth-order valence-electron chi connectivity index (χ4n) is 1.87. The van der Waals surface area contributed by atoms with Crippen LogP contribution >= 0.6 is 15.9 Å². The molecule has 0 aromatic heterocycles. The van der Waals surface area contributed by atoms with Crippen LogP contribution in [0.4, 0.5) is 0 Å². The molecule has 96 valence electrons. The van der Waals surface area contributed by atoms with E-state index in [9.17, 15) is 9.59 Å². The molecule has 1 aliphatic rings. The number of fused-ring (bicyclic) bond motifs is 1. The molecule has 1 aromatic carbocycles. The number of alkyl halides is 1. The SMILES string of the molecule is CCOC(=O)COc1ccc2c(c1)CC(Br)C2=O. The largest absolute Gasteiger partial charge is 0.482 e. The zero-order valence-electron chi connectivity index (χ0n) is 9.94. The van der Waals surface area contributed by atoms with Crippen LogP contribution < -0.4 is 4.74 Å². The Balaban J connectivity index is 2.03. The maximum Gasteiger partial charge on any atom is 0.344 e. The Hall–Kier alpha value is -1.36. The van der Waals surface area contributed by atoms with Gasteiger partial charge >= 0.3 is 5.97 Å². The predicted molar refractivity (Wildman–Crippen MR) is 69.3 cm³/mol. The number of carbonyl (C=O) groups is 2. The third-order valence-electron chi connectivity index (χ3n) is 2.69. The fraction of sp³-hybridized carbons (Fsp3) is 0.385. The molecule has 0 N–H and O–H groups in total. The Morgan fingerprint density at radius 3 is 3.00 bits per heavy atom. The van der Waals surface area contributed by atoms with E-state index < -0.39 is 5.97 Å². The highest BCUT2D eigenvalue weighted by molar-refractivity contribution is 9.10. The highest BCUT2D eigenvalue weighted by Crippen LogP contribution is 2.29. The molecule has 1 atom stereocenters. The second-order valence-corrected chi connectivity index (χ2v) is 5.05. The molecule has 1 aromatic rings. The Kier molecular flexibility index (Phi) is 4.01. The normalized spacial score (nSPS) is 17.4. The number of benzene rings is 1. The lowest BCUT2D eigenvalue weighted by Crippen LogP contribution is -2.14. The van der Waals surface area contributed by atoms with E-state index in [0.717, 1.165) is 11.1 Å². The lowest BCUT2D eigenvalue weighted by Gasteiger charge is -2.07. The molecule has 1 aliphatic carbocycles. The summed E-state index contributed by atoms with van der Waals surface area (Å²) in [6, 6.07) is 5.23. The first-order valence-corrected chi connectivity index (χ1v) is 6.63. The first kappa shape index (κ1) is 13.1. The summed E-state index contributed by atoms with van der Waals surface area (Å²) in [7, 11) is 0. The number of hydrogen-bond donors (Lipinski definition) is 0. The lowest BCUT2D eigenvalue weighted by atomic mass is 10.1. The van der Waals surface area contributed by atoms with E-state index >= 15 is 0 Å². The third kappa shape index (κ3) is 2.72. The molecule has 0 amide bonds. The van der Waals surface area contributed by atoms with Crippen molar-refractivity contribution >= 4 is 27.7 Å². The Morgan fingerprint density at radius 1 is 1.50 bits per heavy atom. The summed E-state index contributed by atoms with van der Waals surface area (Å²) in [6.45, 7) is 1.97. The molecule has 0 saturated heterocycles. The van der Waals surface area contributed by atoms with Gasteiger partial charge in [-0.25, -0.2) is 4.79 Å². The van der Waals surface area contributed by atoms with Gasteiger partial charge in [0.1, 0.15) is 5.75 Å². The zero-order valence-corrected chi connectivity index (χ0v) is 11.5. The average Bonchev–Trinajstić information content (AvgIpc) is 2.63. The zero-order chi connectivity index (χ0) is 13.1. The van der Waals surface area contributed by atoms with Crippen molar-refractivity contribution in [2.45, 2.75) is 18.2 Å². The topological polar surface area (TPSA) is 52.6 Å². The van der Waals surface area contributed by atoms with Crippen molar-refractivity contribution in [2.24, 2.45) is 0 Å². The van der Waals surface area contributed by atoms with Crippen LogP contribution in [-0.4, -0.2) is 29.8 Å². The quantitative estimate of drug-likeness (QED) is 0.631. The van der Waals surface area contributed by atoms with Crippen LogP contribution in [0.2, 0.25) is 0 Å². The predicted octanol–water partition coefficient (Wildman–Crippen LogP) is 2.13. The van der Waals surface area contributed by atoms with Crippen LogP contribution in [0.5, 0.6) is 5.75 Å². The highest BCUT2D eigenvalue weighted by Gasteiger charge is 2.28. The molecule has 2 rings (SSSR count). The second kappa shape index (κ2) is 5.52. The molecule has 0 saturated carbocycles. The summed E-state index contributed by atoms with van der Waals surface area (Å²) in [5.41, 5.74) is 1.67. The summed E-state index contributed by atoms with van der Waals surface area (Å²) in [6.07, 6.45) is 0.658. The van der Waals surface area contributed by atoms with Crippen LogP contribution in [0.3, 0.4) is 0 Å². The fourth-order valence-corrected chi connectivity index (χ4v) is 2.46. The molecular weight excluding hydrogens is 300 g/mol. The lowest BCUT2D eigenvalue weighted by molar-refractivity contribution is -0.145. The van der Waals surface area contributed by atoms with Crippen molar-refractivity contribution < 1.29 is 19.1 Å². The number of rotatable bonds is 4. The summed E-state index contributed by atoms with van der Waals surface area (Å²) in [5.74, 6) is 0.283. The van der Waals surface area contributed by atoms with Crippen molar-refractivity contribution in [3.05, 3.63) is 29.3 Å². The Bertz CT molecular complexity index is 484. The van der Waals surface area contributed by atoms with Crippen molar-refractivity contribution in [3.8, 4) is 5.75 Å². The molecule has 1 unspecified atom stereocenters. The average molecular weight is 313 g/mol. The van der Waals surface area contributed by atoms with Crippen molar-refractivity contribution in [2.75, 3.05) is 13.2 Å². The van der Waals surface area contributed by atoms with Crippen molar-refractivity contribution in [3.63, 3.8) is 0 Å². The van der Waals surface area contributed by atoms with E-state index in [-0.39, 0.29) is 17.2 Å². The van der Waals surface area contributed by atoms with Gasteiger partial charge in [-0.15, -0.1) is 0 Å². The number of Topliss-reactive ketones (excluding diaryl/α,β-unsaturated/α-hetero) is 1. The van der Waals surface area contributed by atoms with Gasteiger partial charge in [0, 0.05) is 5.56 Å². The molecule has 0 bridgehead atoms. The number of ketones is 1. The molecule has 5 heteroatoms. The summed E-state index contributed by atoms with van der Waals surface area (Å²) in [5, 5.41) is 0. The van der Waals surface area contributed by atoms with E-state index in [2.05, 4.69) is 15.9 Å². The maximum absolute atomic E-state index is 11.7. The third-order valence-corrected chi connectivity index (χ3v) is 3.43. The van der Waals surface area contributed by atoms with Crippen molar-refractivity contribution in [1.82, 2.24) is 0 Å². The monoisotopic (exact) mass is 312 g/mol. The van der Waals surface area contributed by atoms with Gasteiger partial charge in [0.2, 0.25) is 0 Å². The van der Waals surface area contributed by atoms with Gasteiger partial charge in [-0.1, -0.05) is 15.9 Å². The summed E-state index contributed by atoms with van der Waals surface area (Å²) < 4.78 is 10.1. The van der Waals surface area contributed by atoms with Crippen LogP contribution in [0, 0.1) is 0 Å². The standard InChI is InChI=1S/C13H13BrO4/c1-2-17-12(15)7-18-9-3-4-10-8(5-9)6-11(14)13(10)16/h3-5,11H,2,6-7H2,1H3. The second-order valence-electron chi connectivity index (χ2n) is 3.95. The molecule has 0 spiro atoms. The smallest absolute Gasteiger partial charge is 0.344 e. The van der Waals surface area contributed by atoms with Crippen LogP contribution in [-0.2, 0) is 16.0 Å². The number of hydrogen-bond acceptors (Lipinski definition) is 4. The van der Waals surface area contributed by atoms with Gasteiger partial charge in [0.25, 0.3) is 0 Å². The summed E-state index contributed by atoms with van der Waals surface area (Å²) >= 11 is 3.33. The van der Waals surface area contributed by atoms with E-state index in [1.807, 2.05) is 0 Å². The van der Waals surface area contributed by atoms with Gasteiger partial charge in [0.15, 0.2) is 12.4 Å². The van der Waals surface area contributed by atoms with E-state index in [4.69, 9.17) is 9.47 Å². The van der Waals surface area contributed by atoms with Crippen molar-refractivity contribution in [1.29, 1.82) is 0 Å². The molecule has 0 radical (unpaired) electrons. The Morgan fingerprint density at radius 2 is 2.28 bits per heavy atom. The molecule has 0 aliphatic heterocycles. The maximum atomic E-state index is 11.7. The van der Waals surface area contributed by atoms with Crippen LogP contribution in [0.1, 0.15) is 22.8 Å². The molecule has 0 heterocycles. The number of halogens is 1. The van der Waals surface area contributed by atoms with E-state index in [1.165, 1.54) is 0 Å². The van der Waals surface area contributed by atoms with Crippen LogP contribution in [0.25, 0.3) is 0 Å². The van der Waals surface area contributed by atoms with Gasteiger partial charge in [-0.2, -0.15) is 0 Å². The first-order chi connectivity index (χ1) is 8.61. The molecule has 4 nitrogen and oxygen atoms in total. The minimum Gasteiger partial charge on any atom is -0.482 e. The summed E-state index contributed by atoms with van der Waals surface area (Å²) in [4.78, 5) is 22.7. The van der Waals surface area contributed by atoms with E-state index in [1.54, 1.807) is 25.1 Å².